The van der Waals surface area contributed by atoms with Crippen molar-refractivity contribution in [3.8, 4) is 0 Å². The van der Waals surface area contributed by atoms with E-state index in [1.807, 2.05) is 24.3 Å². The summed E-state index contributed by atoms with van der Waals surface area (Å²) in [7, 11) is 0. The van der Waals surface area contributed by atoms with E-state index in [1.165, 1.54) is 0 Å². The van der Waals surface area contributed by atoms with Gasteiger partial charge in [0.2, 0.25) is 0 Å². The van der Waals surface area contributed by atoms with Crippen molar-refractivity contribution in [3.05, 3.63) is 47.2 Å². The highest BCUT2D eigenvalue weighted by atomic mass is 79.9. The Morgan fingerprint density at radius 1 is 1.00 bits per heavy atom. The van der Waals surface area contributed by atoms with Gasteiger partial charge in [-0.25, -0.2) is 10.8 Å². The number of hydrazine groups is 1. The number of aromatic nitrogens is 3. The van der Waals surface area contributed by atoms with Crippen molar-refractivity contribution in [2.45, 2.75) is 0 Å². The molecule has 0 atom stereocenters. The van der Waals surface area contributed by atoms with E-state index >= 15 is 0 Å². The standard InChI is InChI=1S/C13H11BrN6/c14-12-8(4-5-9-13(12)17-7-6-16-9)18-10-2-1-3-11(19-10)20-15/h1-7H,15H2,(H2,18,19,20). The molecule has 0 saturated carbocycles. The molecule has 6 nitrogen and oxygen atoms in total. The SMILES string of the molecule is NNc1cccc(Nc2ccc3nccnc3c2Br)n1. The van der Waals surface area contributed by atoms with Crippen LogP contribution in [0.3, 0.4) is 0 Å². The summed E-state index contributed by atoms with van der Waals surface area (Å²) in [4.78, 5) is 12.9. The number of nitrogens with two attached hydrogens (primary N) is 1. The van der Waals surface area contributed by atoms with Gasteiger partial charge in [0.1, 0.15) is 17.2 Å². The van der Waals surface area contributed by atoms with Gasteiger partial charge in [0.15, 0.2) is 0 Å². The average Bonchev–Trinajstić information content (AvgIpc) is 2.50. The highest BCUT2D eigenvalue weighted by Gasteiger charge is 2.07. The predicted molar refractivity (Wildman–Crippen MR) is 82.6 cm³/mol. The Kier molecular flexibility index (Phi) is 3.44. The second kappa shape index (κ2) is 5.40. The number of hydrogen-bond donors (Lipinski definition) is 3. The molecular weight excluding hydrogens is 320 g/mol. The van der Waals surface area contributed by atoms with E-state index in [4.69, 9.17) is 5.84 Å². The molecule has 0 fully saturated rings. The van der Waals surface area contributed by atoms with Crippen molar-refractivity contribution >= 4 is 44.3 Å². The molecule has 0 amide bonds. The third-order valence-electron chi connectivity index (χ3n) is 2.74. The summed E-state index contributed by atoms with van der Waals surface area (Å²) in [5.41, 5.74) is 5.00. The molecule has 1 aromatic carbocycles. The summed E-state index contributed by atoms with van der Waals surface area (Å²) in [5, 5.41) is 3.22. The molecule has 0 saturated heterocycles. The highest BCUT2D eigenvalue weighted by molar-refractivity contribution is 9.10. The van der Waals surface area contributed by atoms with Gasteiger partial charge in [0, 0.05) is 12.4 Å². The first-order chi connectivity index (χ1) is 9.78. The summed E-state index contributed by atoms with van der Waals surface area (Å²) in [5.74, 6) is 6.62. The normalized spacial score (nSPS) is 10.5. The van der Waals surface area contributed by atoms with Gasteiger partial charge in [-0.15, -0.1) is 0 Å². The minimum atomic E-state index is 0.590. The number of nitrogens with one attached hydrogen (secondary N) is 2. The van der Waals surface area contributed by atoms with Crippen LogP contribution in [-0.2, 0) is 0 Å². The van der Waals surface area contributed by atoms with Crippen molar-refractivity contribution in [2.24, 2.45) is 5.84 Å². The van der Waals surface area contributed by atoms with Crippen LogP contribution in [0.1, 0.15) is 0 Å². The summed E-state index contributed by atoms with van der Waals surface area (Å²) in [6.07, 6.45) is 3.33. The molecule has 3 rings (SSSR count). The van der Waals surface area contributed by atoms with E-state index in [0.29, 0.717) is 11.6 Å². The Labute approximate surface area is 123 Å². The summed E-state index contributed by atoms with van der Waals surface area (Å²) in [6, 6.07) is 9.32. The van der Waals surface area contributed by atoms with Crippen LogP contribution < -0.4 is 16.6 Å². The van der Waals surface area contributed by atoms with Gasteiger partial charge in [-0.05, 0) is 40.2 Å². The average molecular weight is 331 g/mol. The number of nitrogens with zero attached hydrogens (tertiary/aromatic N) is 3. The summed E-state index contributed by atoms with van der Waals surface area (Å²) >= 11 is 3.54. The lowest BCUT2D eigenvalue weighted by Crippen LogP contribution is -2.09. The van der Waals surface area contributed by atoms with Gasteiger partial charge in [-0.3, -0.25) is 9.97 Å². The molecule has 3 aromatic rings. The first-order valence-electron chi connectivity index (χ1n) is 5.88. The van der Waals surface area contributed by atoms with Crippen molar-refractivity contribution in [3.63, 3.8) is 0 Å². The van der Waals surface area contributed by atoms with Crippen LogP contribution in [0.5, 0.6) is 0 Å². The highest BCUT2D eigenvalue weighted by Crippen LogP contribution is 2.30. The van der Waals surface area contributed by atoms with Gasteiger partial charge in [0.05, 0.1) is 15.7 Å². The molecular formula is C13H11BrN6. The van der Waals surface area contributed by atoms with E-state index in [0.717, 1.165) is 21.2 Å². The van der Waals surface area contributed by atoms with Crippen LogP contribution in [0.15, 0.2) is 47.2 Å². The molecule has 0 spiro atoms. The minimum Gasteiger partial charge on any atom is -0.339 e. The van der Waals surface area contributed by atoms with E-state index in [-0.39, 0.29) is 0 Å². The largest absolute Gasteiger partial charge is 0.339 e. The van der Waals surface area contributed by atoms with E-state index in [9.17, 15) is 0 Å². The third kappa shape index (κ3) is 2.40. The van der Waals surface area contributed by atoms with Crippen LogP contribution in [0.25, 0.3) is 11.0 Å². The molecule has 20 heavy (non-hydrogen) atoms. The molecule has 0 bridgehead atoms. The molecule has 0 aliphatic rings. The summed E-state index contributed by atoms with van der Waals surface area (Å²) in [6.45, 7) is 0. The lowest BCUT2D eigenvalue weighted by atomic mass is 10.2. The Hall–Kier alpha value is -2.25. The molecule has 2 heterocycles. The van der Waals surface area contributed by atoms with E-state index < -0.39 is 0 Å². The zero-order valence-electron chi connectivity index (χ0n) is 10.3. The Morgan fingerprint density at radius 3 is 2.65 bits per heavy atom. The third-order valence-corrected chi connectivity index (χ3v) is 3.54. The number of pyridine rings is 1. The second-order valence-electron chi connectivity index (χ2n) is 4.03. The van der Waals surface area contributed by atoms with E-state index in [1.54, 1.807) is 18.5 Å². The monoisotopic (exact) mass is 330 g/mol. The number of nitrogen functional groups attached to an aromatic ring is 1. The molecule has 100 valence electrons. The Morgan fingerprint density at radius 2 is 1.80 bits per heavy atom. The maximum Gasteiger partial charge on any atom is 0.142 e. The smallest absolute Gasteiger partial charge is 0.142 e. The van der Waals surface area contributed by atoms with Gasteiger partial charge < -0.3 is 10.7 Å². The number of hydrogen-bond acceptors (Lipinski definition) is 6. The fraction of sp³-hybridized carbons (Fsp3) is 0. The first-order valence-corrected chi connectivity index (χ1v) is 6.67. The molecule has 0 aliphatic heterocycles. The second-order valence-corrected chi connectivity index (χ2v) is 4.82. The number of anilines is 3. The fourth-order valence-corrected chi connectivity index (χ4v) is 2.36. The first kappa shape index (κ1) is 12.8. The molecule has 0 unspecified atom stereocenters. The predicted octanol–water partition coefficient (Wildman–Crippen LogP) is 2.82. The lowest BCUT2D eigenvalue weighted by molar-refractivity contribution is 1.22. The van der Waals surface area contributed by atoms with Gasteiger partial charge in [-0.2, -0.15) is 0 Å². The molecule has 2 aromatic heterocycles. The molecule has 0 radical (unpaired) electrons. The molecule has 4 N–H and O–H groups in total. The zero-order chi connectivity index (χ0) is 13.9. The number of benzene rings is 1. The quantitative estimate of drug-likeness (QED) is 0.505. The van der Waals surface area contributed by atoms with Crippen molar-refractivity contribution in [2.75, 3.05) is 10.7 Å². The zero-order valence-corrected chi connectivity index (χ0v) is 11.9. The molecule has 7 heteroatoms. The fourth-order valence-electron chi connectivity index (χ4n) is 1.82. The van der Waals surface area contributed by atoms with Crippen molar-refractivity contribution < 1.29 is 0 Å². The minimum absolute atomic E-state index is 0.590. The number of halogens is 1. The van der Waals surface area contributed by atoms with Crippen LogP contribution in [0, 0.1) is 0 Å². The maximum atomic E-state index is 5.35. The van der Waals surface area contributed by atoms with Gasteiger partial charge in [0.25, 0.3) is 0 Å². The Balaban J connectivity index is 2.00. The molecule has 0 aliphatic carbocycles. The maximum absolute atomic E-state index is 5.35. The lowest BCUT2D eigenvalue weighted by Gasteiger charge is -2.10. The number of fused-ring (bicyclic) bond motifs is 1. The summed E-state index contributed by atoms with van der Waals surface area (Å²) < 4.78 is 0.844. The van der Waals surface area contributed by atoms with Crippen LogP contribution >= 0.6 is 15.9 Å². The topological polar surface area (TPSA) is 88.8 Å². The number of rotatable bonds is 3. The van der Waals surface area contributed by atoms with Crippen molar-refractivity contribution in [1.29, 1.82) is 0 Å². The van der Waals surface area contributed by atoms with E-state index in [2.05, 4.69) is 41.6 Å². The van der Waals surface area contributed by atoms with Gasteiger partial charge in [-0.1, -0.05) is 6.07 Å². The van der Waals surface area contributed by atoms with Gasteiger partial charge >= 0.3 is 0 Å². The van der Waals surface area contributed by atoms with Crippen LogP contribution in [0.2, 0.25) is 0 Å². The van der Waals surface area contributed by atoms with Crippen molar-refractivity contribution in [1.82, 2.24) is 15.0 Å². The van der Waals surface area contributed by atoms with Crippen LogP contribution in [-0.4, -0.2) is 15.0 Å². The Bertz CT molecular complexity index is 761. The van der Waals surface area contributed by atoms with Crippen LogP contribution in [0.4, 0.5) is 17.3 Å².